The Morgan fingerprint density at radius 1 is 1.46 bits per heavy atom. The monoisotopic (exact) mass is 329 g/mol. The second-order valence-electron chi connectivity index (χ2n) is 6.33. The molecule has 128 valence electrons. The predicted molar refractivity (Wildman–Crippen MR) is 88.4 cm³/mol. The zero-order valence-corrected chi connectivity index (χ0v) is 13.8. The minimum Gasteiger partial charge on any atom is -0.376 e. The molecule has 1 unspecified atom stereocenters. The summed E-state index contributed by atoms with van der Waals surface area (Å²) in [5.74, 6) is 2.47. The van der Waals surface area contributed by atoms with Crippen LogP contribution in [0.4, 0.5) is 0 Å². The molecule has 1 fully saturated rings. The van der Waals surface area contributed by atoms with Gasteiger partial charge in [0, 0.05) is 38.6 Å². The molecule has 0 spiro atoms. The van der Waals surface area contributed by atoms with Crippen LogP contribution in [-0.4, -0.2) is 40.6 Å². The number of hydrogen-bond acceptors (Lipinski definition) is 5. The Morgan fingerprint density at radius 3 is 3.04 bits per heavy atom. The zero-order chi connectivity index (χ0) is 16.8. The first-order valence-electron chi connectivity index (χ1n) is 8.51. The van der Waals surface area contributed by atoms with Gasteiger partial charge in [-0.15, -0.1) is 12.3 Å². The molecule has 1 atom stereocenters. The van der Waals surface area contributed by atoms with Crippen molar-refractivity contribution in [1.29, 1.82) is 0 Å². The molecule has 2 aliphatic rings. The molecular weight excluding hydrogens is 306 g/mol. The van der Waals surface area contributed by atoms with E-state index in [0.717, 1.165) is 25.9 Å². The minimum absolute atomic E-state index is 0.126. The molecule has 3 rings (SSSR count). The van der Waals surface area contributed by atoms with Gasteiger partial charge in [0.05, 0.1) is 24.4 Å². The standard InChI is InChI=1S/C17H23N5O2/c1-2-3-7-17(20-21-17)8-9-18-16(23)14-11-19-22(12-14)13-15-6-4-5-10-24-15/h1,11-12,15H,3-10,13H2,(H,18,23). The van der Waals surface area contributed by atoms with Crippen LogP contribution in [0.3, 0.4) is 0 Å². The van der Waals surface area contributed by atoms with Gasteiger partial charge >= 0.3 is 0 Å². The first-order chi connectivity index (χ1) is 11.7. The summed E-state index contributed by atoms with van der Waals surface area (Å²) in [6.45, 7) is 2.03. The summed E-state index contributed by atoms with van der Waals surface area (Å²) in [7, 11) is 0. The molecule has 1 saturated heterocycles. The van der Waals surface area contributed by atoms with Gasteiger partial charge in [0.25, 0.3) is 5.91 Å². The van der Waals surface area contributed by atoms with Crippen LogP contribution in [0.1, 0.15) is 48.9 Å². The first kappa shape index (κ1) is 16.7. The number of carbonyl (C=O) groups is 1. The molecule has 2 aliphatic heterocycles. The minimum atomic E-state index is -0.359. The lowest BCUT2D eigenvalue weighted by atomic mass is 10.0. The highest BCUT2D eigenvalue weighted by atomic mass is 16.5. The molecule has 0 bridgehead atoms. The number of carbonyl (C=O) groups excluding carboxylic acids is 1. The second kappa shape index (κ2) is 7.58. The third kappa shape index (κ3) is 4.42. The maximum atomic E-state index is 12.2. The molecule has 7 nitrogen and oxygen atoms in total. The van der Waals surface area contributed by atoms with Crippen LogP contribution in [0, 0.1) is 12.3 Å². The van der Waals surface area contributed by atoms with Crippen LogP contribution in [0.15, 0.2) is 22.6 Å². The maximum Gasteiger partial charge on any atom is 0.254 e. The van der Waals surface area contributed by atoms with Gasteiger partial charge < -0.3 is 10.1 Å². The largest absolute Gasteiger partial charge is 0.376 e. The van der Waals surface area contributed by atoms with Gasteiger partial charge in [-0.1, -0.05) is 0 Å². The number of aromatic nitrogens is 2. The Hall–Kier alpha value is -2.20. The fourth-order valence-corrected chi connectivity index (χ4v) is 2.89. The third-order valence-electron chi connectivity index (χ3n) is 4.42. The van der Waals surface area contributed by atoms with Crippen LogP contribution in [0.25, 0.3) is 0 Å². The van der Waals surface area contributed by atoms with Crippen molar-refractivity contribution >= 4 is 5.91 Å². The van der Waals surface area contributed by atoms with Crippen LogP contribution in [0.2, 0.25) is 0 Å². The van der Waals surface area contributed by atoms with E-state index in [0.29, 0.717) is 31.5 Å². The molecular formula is C17H23N5O2. The molecule has 1 aromatic rings. The zero-order valence-electron chi connectivity index (χ0n) is 13.8. The van der Waals surface area contributed by atoms with E-state index < -0.39 is 0 Å². The summed E-state index contributed by atoms with van der Waals surface area (Å²) in [4.78, 5) is 12.2. The van der Waals surface area contributed by atoms with Gasteiger partial charge in [-0.25, -0.2) is 0 Å². The molecule has 0 aliphatic carbocycles. The Bertz CT molecular complexity index is 634. The molecule has 1 aromatic heterocycles. The highest BCUT2D eigenvalue weighted by Crippen LogP contribution is 2.36. The normalized spacial score (nSPS) is 21.2. The van der Waals surface area contributed by atoms with E-state index in [1.807, 2.05) is 0 Å². The Balaban J connectivity index is 1.41. The van der Waals surface area contributed by atoms with E-state index in [9.17, 15) is 4.79 Å². The summed E-state index contributed by atoms with van der Waals surface area (Å²) in [6, 6.07) is 0. The van der Waals surface area contributed by atoms with Crippen molar-refractivity contribution in [3.63, 3.8) is 0 Å². The van der Waals surface area contributed by atoms with Crippen molar-refractivity contribution in [3.05, 3.63) is 18.0 Å². The predicted octanol–water partition coefficient (Wildman–Crippen LogP) is 2.15. The lowest BCUT2D eigenvalue weighted by Gasteiger charge is -2.22. The van der Waals surface area contributed by atoms with Crippen molar-refractivity contribution in [1.82, 2.24) is 15.1 Å². The van der Waals surface area contributed by atoms with Crippen molar-refractivity contribution in [2.75, 3.05) is 13.2 Å². The molecule has 24 heavy (non-hydrogen) atoms. The van der Waals surface area contributed by atoms with E-state index in [1.54, 1.807) is 17.1 Å². The second-order valence-corrected chi connectivity index (χ2v) is 6.33. The van der Waals surface area contributed by atoms with Gasteiger partial charge in [-0.05, 0) is 19.3 Å². The smallest absolute Gasteiger partial charge is 0.254 e. The summed E-state index contributed by atoms with van der Waals surface area (Å²) in [5.41, 5.74) is 0.204. The Labute approximate surface area is 141 Å². The Morgan fingerprint density at radius 2 is 2.33 bits per heavy atom. The molecule has 0 saturated carbocycles. The topological polar surface area (TPSA) is 80.9 Å². The fraction of sp³-hybridized carbons (Fsp3) is 0.647. The third-order valence-corrected chi connectivity index (χ3v) is 4.42. The van der Waals surface area contributed by atoms with E-state index in [2.05, 4.69) is 26.6 Å². The number of nitrogens with one attached hydrogen (secondary N) is 1. The average molecular weight is 329 g/mol. The van der Waals surface area contributed by atoms with Crippen molar-refractivity contribution in [2.24, 2.45) is 10.2 Å². The molecule has 1 N–H and O–H groups in total. The van der Waals surface area contributed by atoms with E-state index >= 15 is 0 Å². The molecule has 1 amide bonds. The summed E-state index contributed by atoms with van der Waals surface area (Å²) in [6.07, 6.45) is 14.3. The van der Waals surface area contributed by atoms with Crippen LogP contribution >= 0.6 is 0 Å². The van der Waals surface area contributed by atoms with Crippen LogP contribution < -0.4 is 5.32 Å². The van der Waals surface area contributed by atoms with Gasteiger partial charge in [-0.3, -0.25) is 9.48 Å². The summed E-state index contributed by atoms with van der Waals surface area (Å²) < 4.78 is 7.48. The Kier molecular flexibility index (Phi) is 5.26. The van der Waals surface area contributed by atoms with Crippen LogP contribution in [-0.2, 0) is 11.3 Å². The first-order valence-corrected chi connectivity index (χ1v) is 8.51. The highest BCUT2D eigenvalue weighted by Gasteiger charge is 2.38. The number of hydrogen-bond donors (Lipinski definition) is 1. The lowest BCUT2D eigenvalue weighted by Crippen LogP contribution is -2.28. The molecule has 3 heterocycles. The molecule has 0 radical (unpaired) electrons. The van der Waals surface area contributed by atoms with Gasteiger partial charge in [0.2, 0.25) is 0 Å². The van der Waals surface area contributed by atoms with Crippen molar-refractivity contribution in [2.45, 2.75) is 56.8 Å². The highest BCUT2D eigenvalue weighted by molar-refractivity contribution is 5.93. The van der Waals surface area contributed by atoms with E-state index in [1.165, 1.54) is 6.42 Å². The van der Waals surface area contributed by atoms with E-state index in [4.69, 9.17) is 11.2 Å². The number of amides is 1. The number of nitrogens with zero attached hydrogens (tertiary/aromatic N) is 4. The average Bonchev–Trinajstić information content (AvgIpc) is 3.21. The van der Waals surface area contributed by atoms with Gasteiger partial charge in [-0.2, -0.15) is 15.3 Å². The number of terminal acetylenes is 1. The summed E-state index contributed by atoms with van der Waals surface area (Å²) >= 11 is 0. The van der Waals surface area contributed by atoms with Crippen molar-refractivity contribution < 1.29 is 9.53 Å². The molecule has 7 heteroatoms. The van der Waals surface area contributed by atoms with E-state index in [-0.39, 0.29) is 17.7 Å². The fourth-order valence-electron chi connectivity index (χ4n) is 2.89. The van der Waals surface area contributed by atoms with Gasteiger partial charge in [0.15, 0.2) is 5.66 Å². The van der Waals surface area contributed by atoms with Crippen LogP contribution in [0.5, 0.6) is 0 Å². The number of rotatable bonds is 8. The maximum absolute atomic E-state index is 12.2. The van der Waals surface area contributed by atoms with Crippen molar-refractivity contribution in [3.8, 4) is 12.3 Å². The molecule has 0 aromatic carbocycles. The SMILES string of the molecule is C#CCCC1(CCNC(=O)c2cnn(CC3CCCCO3)c2)N=N1. The quantitative estimate of drug-likeness (QED) is 0.742. The lowest BCUT2D eigenvalue weighted by molar-refractivity contribution is 0.00398. The number of ether oxygens (including phenoxy) is 1. The summed E-state index contributed by atoms with van der Waals surface area (Å²) in [5, 5.41) is 15.3. The van der Waals surface area contributed by atoms with Gasteiger partial charge in [0.1, 0.15) is 0 Å².